The average molecular weight is 230 g/mol. The van der Waals surface area contributed by atoms with Gasteiger partial charge >= 0.3 is 0 Å². The Kier molecular flexibility index (Phi) is 5.73. The molecule has 1 rings (SSSR count). The maximum Gasteiger partial charge on any atom is 0.226 e. The van der Waals surface area contributed by atoms with Gasteiger partial charge in [0.1, 0.15) is 0 Å². The van der Waals surface area contributed by atoms with Gasteiger partial charge in [-0.2, -0.15) is 0 Å². The van der Waals surface area contributed by atoms with Crippen molar-refractivity contribution in [3.63, 3.8) is 0 Å². The summed E-state index contributed by atoms with van der Waals surface area (Å²) in [5, 5.41) is 17.8. The second kappa shape index (κ2) is 6.83. The molecular formula is C11H22N2O3. The van der Waals surface area contributed by atoms with Gasteiger partial charge in [-0.05, 0) is 25.3 Å². The first-order chi connectivity index (χ1) is 7.74. The van der Waals surface area contributed by atoms with E-state index in [2.05, 4.69) is 0 Å². The highest BCUT2D eigenvalue weighted by Gasteiger charge is 2.34. The minimum absolute atomic E-state index is 0.0110. The predicted molar refractivity (Wildman–Crippen MR) is 60.6 cm³/mol. The molecule has 2 unspecified atom stereocenters. The van der Waals surface area contributed by atoms with Crippen LogP contribution in [0, 0.1) is 11.8 Å². The second-order valence-corrected chi connectivity index (χ2v) is 4.31. The van der Waals surface area contributed by atoms with Crippen LogP contribution in [-0.2, 0) is 4.79 Å². The summed E-state index contributed by atoms with van der Waals surface area (Å²) in [6.07, 6.45) is 2.94. The molecule has 0 aromatic heterocycles. The van der Waals surface area contributed by atoms with Gasteiger partial charge in [-0.15, -0.1) is 0 Å². The zero-order valence-corrected chi connectivity index (χ0v) is 9.64. The van der Waals surface area contributed by atoms with Crippen molar-refractivity contribution in [2.24, 2.45) is 17.6 Å². The van der Waals surface area contributed by atoms with Crippen LogP contribution in [0.1, 0.15) is 19.3 Å². The molecule has 94 valence electrons. The Balaban J connectivity index is 2.58. The normalized spacial score (nSPS) is 24.7. The number of carbonyl (C=O) groups is 1. The first-order valence-corrected chi connectivity index (χ1v) is 5.95. The summed E-state index contributed by atoms with van der Waals surface area (Å²) in [4.78, 5) is 13.7. The molecule has 0 saturated heterocycles. The van der Waals surface area contributed by atoms with Gasteiger partial charge in [0.2, 0.25) is 5.91 Å². The number of hydrogen-bond acceptors (Lipinski definition) is 4. The van der Waals surface area contributed by atoms with Crippen molar-refractivity contribution in [3.8, 4) is 0 Å². The highest BCUT2D eigenvalue weighted by Crippen LogP contribution is 2.32. The molecule has 0 aliphatic heterocycles. The number of nitrogens with zero attached hydrogens (tertiary/aromatic N) is 1. The minimum Gasteiger partial charge on any atom is -0.395 e. The molecule has 5 heteroatoms. The summed E-state index contributed by atoms with van der Waals surface area (Å²) in [5.41, 5.74) is 5.64. The standard InChI is InChI=1S/C11H22N2O3/c12-8-9-2-1-3-10(9)11(16)13(4-6-14)5-7-15/h9-10,14-15H,1-8,12H2. The first kappa shape index (κ1) is 13.4. The molecule has 0 aromatic rings. The molecule has 5 nitrogen and oxygen atoms in total. The van der Waals surface area contributed by atoms with E-state index in [1.54, 1.807) is 4.90 Å². The van der Waals surface area contributed by atoms with Crippen molar-refractivity contribution in [2.45, 2.75) is 19.3 Å². The van der Waals surface area contributed by atoms with Crippen LogP contribution in [0.15, 0.2) is 0 Å². The van der Waals surface area contributed by atoms with Gasteiger partial charge in [-0.25, -0.2) is 0 Å². The van der Waals surface area contributed by atoms with Gasteiger partial charge < -0.3 is 20.8 Å². The number of rotatable bonds is 6. The Morgan fingerprint density at radius 1 is 1.25 bits per heavy atom. The highest BCUT2D eigenvalue weighted by molar-refractivity contribution is 5.79. The maximum absolute atomic E-state index is 12.1. The Hall–Kier alpha value is -0.650. The molecule has 0 heterocycles. The molecule has 1 aliphatic rings. The molecule has 4 N–H and O–H groups in total. The molecule has 16 heavy (non-hydrogen) atoms. The Labute approximate surface area is 96.2 Å². The van der Waals surface area contributed by atoms with Crippen LogP contribution >= 0.6 is 0 Å². The number of carbonyl (C=O) groups excluding carboxylic acids is 1. The van der Waals surface area contributed by atoms with Gasteiger partial charge in [-0.1, -0.05) is 6.42 Å². The largest absolute Gasteiger partial charge is 0.395 e. The quantitative estimate of drug-likeness (QED) is 0.556. The molecule has 1 amide bonds. The van der Waals surface area contributed by atoms with Gasteiger partial charge in [0.25, 0.3) is 0 Å². The number of aliphatic hydroxyl groups is 2. The van der Waals surface area contributed by atoms with E-state index in [1.165, 1.54) is 0 Å². The van der Waals surface area contributed by atoms with Crippen molar-refractivity contribution < 1.29 is 15.0 Å². The lowest BCUT2D eigenvalue weighted by Crippen LogP contribution is -2.42. The smallest absolute Gasteiger partial charge is 0.226 e. The fourth-order valence-corrected chi connectivity index (χ4v) is 2.45. The van der Waals surface area contributed by atoms with Gasteiger partial charge in [-0.3, -0.25) is 4.79 Å². The first-order valence-electron chi connectivity index (χ1n) is 5.95. The summed E-state index contributed by atoms with van der Waals surface area (Å²) < 4.78 is 0. The molecule has 0 aromatic carbocycles. The number of hydrogen-bond donors (Lipinski definition) is 3. The average Bonchev–Trinajstić information content (AvgIpc) is 2.75. The molecule has 1 saturated carbocycles. The van der Waals surface area contributed by atoms with Crippen LogP contribution in [0.5, 0.6) is 0 Å². The summed E-state index contributed by atoms with van der Waals surface area (Å²) in [6.45, 7) is 1.01. The molecule has 1 aliphatic carbocycles. The highest BCUT2D eigenvalue weighted by atomic mass is 16.3. The topological polar surface area (TPSA) is 86.8 Å². The molecule has 0 bridgehead atoms. The maximum atomic E-state index is 12.1. The lowest BCUT2D eigenvalue weighted by atomic mass is 9.94. The predicted octanol–water partition coefficient (Wildman–Crippen LogP) is -0.825. The summed E-state index contributed by atoms with van der Waals surface area (Å²) in [7, 11) is 0. The van der Waals surface area contributed by atoms with E-state index in [0.717, 1.165) is 19.3 Å². The summed E-state index contributed by atoms with van der Waals surface area (Å²) in [5.74, 6) is 0.298. The monoisotopic (exact) mass is 230 g/mol. The number of nitrogens with two attached hydrogens (primary N) is 1. The summed E-state index contributed by atoms with van der Waals surface area (Å²) >= 11 is 0. The van der Waals surface area contributed by atoms with E-state index in [9.17, 15) is 4.79 Å². The van der Waals surface area contributed by atoms with Crippen LogP contribution in [0.25, 0.3) is 0 Å². The Bertz CT molecular complexity index is 217. The number of aliphatic hydroxyl groups excluding tert-OH is 2. The van der Waals surface area contributed by atoms with Gasteiger partial charge in [0.05, 0.1) is 13.2 Å². The van der Waals surface area contributed by atoms with Crippen LogP contribution in [0.2, 0.25) is 0 Å². The molecule has 1 fully saturated rings. The lowest BCUT2D eigenvalue weighted by Gasteiger charge is -2.26. The molecule has 2 atom stereocenters. The van der Waals surface area contributed by atoms with E-state index in [0.29, 0.717) is 19.6 Å². The van der Waals surface area contributed by atoms with Crippen molar-refractivity contribution in [2.75, 3.05) is 32.8 Å². The van der Waals surface area contributed by atoms with Crippen LogP contribution in [0.4, 0.5) is 0 Å². The van der Waals surface area contributed by atoms with Crippen molar-refractivity contribution in [1.82, 2.24) is 4.90 Å². The van der Waals surface area contributed by atoms with E-state index >= 15 is 0 Å². The Morgan fingerprint density at radius 3 is 2.38 bits per heavy atom. The van der Waals surface area contributed by atoms with Crippen LogP contribution in [-0.4, -0.2) is 53.9 Å². The molecule has 0 spiro atoms. The van der Waals surface area contributed by atoms with E-state index in [-0.39, 0.29) is 31.0 Å². The van der Waals surface area contributed by atoms with E-state index in [4.69, 9.17) is 15.9 Å². The fraction of sp³-hybridized carbons (Fsp3) is 0.909. The Morgan fingerprint density at radius 2 is 1.88 bits per heavy atom. The zero-order valence-electron chi connectivity index (χ0n) is 9.64. The van der Waals surface area contributed by atoms with Crippen LogP contribution < -0.4 is 5.73 Å². The van der Waals surface area contributed by atoms with Crippen molar-refractivity contribution in [3.05, 3.63) is 0 Å². The minimum atomic E-state index is -0.0637. The third kappa shape index (κ3) is 3.17. The van der Waals surface area contributed by atoms with Gasteiger partial charge in [0.15, 0.2) is 0 Å². The summed E-state index contributed by atoms with van der Waals surface area (Å²) in [6, 6.07) is 0. The second-order valence-electron chi connectivity index (χ2n) is 4.31. The third-order valence-electron chi connectivity index (χ3n) is 3.33. The molecular weight excluding hydrogens is 208 g/mol. The van der Waals surface area contributed by atoms with Crippen molar-refractivity contribution >= 4 is 5.91 Å². The van der Waals surface area contributed by atoms with Crippen molar-refractivity contribution in [1.29, 1.82) is 0 Å². The zero-order chi connectivity index (χ0) is 12.0. The van der Waals surface area contributed by atoms with E-state index in [1.807, 2.05) is 0 Å². The van der Waals surface area contributed by atoms with E-state index < -0.39 is 0 Å². The van der Waals surface area contributed by atoms with Crippen LogP contribution in [0.3, 0.4) is 0 Å². The molecule has 0 radical (unpaired) electrons. The SMILES string of the molecule is NCC1CCCC1C(=O)N(CCO)CCO. The number of amides is 1. The van der Waals surface area contributed by atoms with Gasteiger partial charge in [0, 0.05) is 19.0 Å². The third-order valence-corrected chi connectivity index (χ3v) is 3.33. The fourth-order valence-electron chi connectivity index (χ4n) is 2.45. The lowest BCUT2D eigenvalue weighted by molar-refractivity contribution is -0.137.